The maximum absolute atomic E-state index is 12.7. The number of hydrogen-bond acceptors (Lipinski definition) is 6. The van der Waals surface area contributed by atoms with Gasteiger partial charge in [-0.2, -0.15) is 0 Å². The van der Waals surface area contributed by atoms with E-state index in [2.05, 4.69) is 5.32 Å². The van der Waals surface area contributed by atoms with Gasteiger partial charge in [0.05, 0.1) is 4.92 Å². The summed E-state index contributed by atoms with van der Waals surface area (Å²) in [5.74, 6) is -0.369. The van der Waals surface area contributed by atoms with Gasteiger partial charge in [-0.15, -0.1) is 0 Å². The predicted molar refractivity (Wildman–Crippen MR) is 97.9 cm³/mol. The normalized spacial score (nSPS) is 21.5. The fourth-order valence-electron chi connectivity index (χ4n) is 3.00. The number of alkyl carbamates (subject to hydrolysis) is 1. The Balaban J connectivity index is 2.03. The molecule has 0 spiro atoms. The van der Waals surface area contributed by atoms with Crippen molar-refractivity contribution in [3.63, 3.8) is 0 Å². The van der Waals surface area contributed by atoms with E-state index in [0.29, 0.717) is 12.0 Å². The summed E-state index contributed by atoms with van der Waals surface area (Å²) < 4.78 is 10.7. The summed E-state index contributed by atoms with van der Waals surface area (Å²) >= 11 is 0. The molecule has 0 aliphatic heterocycles. The topological polar surface area (TPSA) is 108 Å². The Kier molecular flexibility index (Phi) is 5.77. The van der Waals surface area contributed by atoms with Gasteiger partial charge in [0.1, 0.15) is 17.7 Å². The lowest BCUT2D eigenvalue weighted by molar-refractivity contribution is -0.384. The number of carbonyl (C=O) groups is 2. The Morgan fingerprint density at radius 1 is 1.30 bits per heavy atom. The molecule has 1 aromatic carbocycles. The third kappa shape index (κ3) is 5.18. The minimum absolute atomic E-state index is 0.0284. The molecule has 27 heavy (non-hydrogen) atoms. The molecule has 2 atom stereocenters. The average Bonchev–Trinajstić information content (AvgIpc) is 3.26. The zero-order chi connectivity index (χ0) is 20.4. The number of nitro groups is 1. The lowest BCUT2D eigenvalue weighted by Gasteiger charge is -2.24. The van der Waals surface area contributed by atoms with Gasteiger partial charge in [-0.1, -0.05) is 13.8 Å². The van der Waals surface area contributed by atoms with Gasteiger partial charge in [0.2, 0.25) is 0 Å². The Hall–Kier alpha value is -2.64. The third-order valence-electron chi connectivity index (χ3n) is 4.42. The minimum Gasteiger partial charge on any atom is -0.459 e. The molecule has 0 aromatic heterocycles. The number of rotatable bonds is 6. The van der Waals surface area contributed by atoms with Crippen LogP contribution in [0.25, 0.3) is 0 Å². The number of benzene rings is 1. The summed E-state index contributed by atoms with van der Waals surface area (Å²) in [5.41, 5.74) is -1.16. The lowest BCUT2D eigenvalue weighted by Crippen LogP contribution is -2.48. The number of nitro benzene ring substituents is 1. The zero-order valence-corrected chi connectivity index (χ0v) is 16.3. The van der Waals surface area contributed by atoms with Crippen LogP contribution < -0.4 is 5.32 Å². The Labute approximate surface area is 158 Å². The smallest absolute Gasteiger partial charge is 0.408 e. The quantitative estimate of drug-likeness (QED) is 0.460. The highest BCUT2D eigenvalue weighted by atomic mass is 16.6. The van der Waals surface area contributed by atoms with Crippen molar-refractivity contribution in [1.82, 2.24) is 5.32 Å². The van der Waals surface area contributed by atoms with E-state index in [4.69, 9.17) is 9.47 Å². The molecular weight excluding hydrogens is 352 g/mol. The number of nitrogens with one attached hydrogen (secondary N) is 1. The maximum Gasteiger partial charge on any atom is 0.408 e. The first-order valence-electron chi connectivity index (χ1n) is 8.86. The van der Waals surface area contributed by atoms with Gasteiger partial charge in [0.25, 0.3) is 5.69 Å². The van der Waals surface area contributed by atoms with E-state index in [1.54, 1.807) is 20.8 Å². The summed E-state index contributed by atoms with van der Waals surface area (Å²) in [5, 5.41) is 13.4. The average molecular weight is 378 g/mol. The van der Waals surface area contributed by atoms with Gasteiger partial charge in [-0.3, -0.25) is 10.1 Å². The molecule has 1 fully saturated rings. The summed E-state index contributed by atoms with van der Waals surface area (Å²) in [6.45, 7) is 9.18. The third-order valence-corrected chi connectivity index (χ3v) is 4.42. The first kappa shape index (κ1) is 20.7. The van der Waals surface area contributed by atoms with Crippen molar-refractivity contribution in [3.8, 4) is 0 Å². The highest BCUT2D eigenvalue weighted by Gasteiger charge is 2.63. The summed E-state index contributed by atoms with van der Waals surface area (Å²) in [4.78, 5) is 35.0. The summed E-state index contributed by atoms with van der Waals surface area (Å²) in [6.07, 6.45) is -0.166. The number of nitrogens with zero attached hydrogens (tertiary/aromatic N) is 1. The highest BCUT2D eigenvalue weighted by molar-refractivity contribution is 5.89. The summed E-state index contributed by atoms with van der Waals surface area (Å²) in [6, 6.07) is 5.77. The van der Waals surface area contributed by atoms with Crippen molar-refractivity contribution in [3.05, 3.63) is 39.9 Å². The molecule has 2 rings (SSSR count). The number of amides is 1. The van der Waals surface area contributed by atoms with Crippen molar-refractivity contribution in [2.45, 2.75) is 58.8 Å². The molecule has 0 heterocycles. The molecule has 1 amide bonds. The van der Waals surface area contributed by atoms with Crippen LogP contribution in [0.2, 0.25) is 0 Å². The Morgan fingerprint density at radius 2 is 1.89 bits per heavy atom. The van der Waals surface area contributed by atoms with Crippen molar-refractivity contribution in [2.75, 3.05) is 0 Å². The van der Waals surface area contributed by atoms with Crippen LogP contribution in [0.1, 0.15) is 46.6 Å². The number of ether oxygens (including phenoxy) is 2. The monoisotopic (exact) mass is 378 g/mol. The molecular formula is C19H26N2O6. The fourth-order valence-corrected chi connectivity index (χ4v) is 3.00. The van der Waals surface area contributed by atoms with E-state index in [0.717, 1.165) is 0 Å². The largest absolute Gasteiger partial charge is 0.459 e. The fraction of sp³-hybridized carbons (Fsp3) is 0.579. The molecule has 0 radical (unpaired) electrons. The van der Waals surface area contributed by atoms with Crippen LogP contribution >= 0.6 is 0 Å². The predicted octanol–water partition coefficient (Wildman–Crippen LogP) is 3.58. The second kappa shape index (κ2) is 7.54. The van der Waals surface area contributed by atoms with Crippen molar-refractivity contribution in [2.24, 2.45) is 11.8 Å². The van der Waals surface area contributed by atoms with Gasteiger partial charge in [0, 0.05) is 12.1 Å². The van der Waals surface area contributed by atoms with Gasteiger partial charge >= 0.3 is 12.1 Å². The second-order valence-corrected chi connectivity index (χ2v) is 8.15. The number of esters is 1. The van der Waals surface area contributed by atoms with E-state index in [-0.39, 0.29) is 24.1 Å². The van der Waals surface area contributed by atoms with Crippen LogP contribution in [0, 0.1) is 22.0 Å². The van der Waals surface area contributed by atoms with Gasteiger partial charge < -0.3 is 14.8 Å². The van der Waals surface area contributed by atoms with Crippen LogP contribution in [0.3, 0.4) is 0 Å². The van der Waals surface area contributed by atoms with E-state index in [1.165, 1.54) is 24.3 Å². The van der Waals surface area contributed by atoms with Crippen molar-refractivity contribution < 1.29 is 24.0 Å². The van der Waals surface area contributed by atoms with Gasteiger partial charge in [0.15, 0.2) is 0 Å². The molecule has 8 nitrogen and oxygen atoms in total. The van der Waals surface area contributed by atoms with Gasteiger partial charge in [-0.05, 0) is 56.7 Å². The first-order valence-corrected chi connectivity index (χ1v) is 8.86. The maximum atomic E-state index is 12.7. The van der Waals surface area contributed by atoms with E-state index in [1.807, 2.05) is 13.8 Å². The van der Waals surface area contributed by atoms with Crippen LogP contribution in [-0.4, -0.2) is 28.1 Å². The van der Waals surface area contributed by atoms with Crippen LogP contribution in [-0.2, 0) is 20.9 Å². The summed E-state index contributed by atoms with van der Waals surface area (Å²) in [7, 11) is 0. The SMILES string of the molecule is CC(C)C1CC1(NC(=O)OC(C)(C)C)C(=O)OCc1ccc([N+](=O)[O-])cc1. The highest BCUT2D eigenvalue weighted by Crippen LogP contribution is 2.49. The Morgan fingerprint density at radius 3 is 2.33 bits per heavy atom. The van der Waals surface area contributed by atoms with E-state index >= 15 is 0 Å². The molecule has 1 aliphatic carbocycles. The Bertz CT molecular complexity index is 723. The molecule has 0 saturated heterocycles. The number of carbonyl (C=O) groups excluding carboxylic acids is 2. The number of non-ortho nitro benzene ring substituents is 1. The molecule has 1 aliphatic rings. The molecule has 8 heteroatoms. The van der Waals surface area contributed by atoms with E-state index < -0.39 is 28.1 Å². The second-order valence-electron chi connectivity index (χ2n) is 8.15. The molecule has 1 saturated carbocycles. The van der Waals surface area contributed by atoms with Crippen molar-refractivity contribution >= 4 is 17.7 Å². The molecule has 1 N–H and O–H groups in total. The minimum atomic E-state index is -1.09. The molecule has 0 bridgehead atoms. The van der Waals surface area contributed by atoms with Crippen LogP contribution in [0.4, 0.5) is 10.5 Å². The van der Waals surface area contributed by atoms with Crippen LogP contribution in [0.15, 0.2) is 24.3 Å². The van der Waals surface area contributed by atoms with Crippen molar-refractivity contribution in [1.29, 1.82) is 0 Å². The van der Waals surface area contributed by atoms with Crippen LogP contribution in [0.5, 0.6) is 0 Å². The number of hydrogen-bond donors (Lipinski definition) is 1. The molecule has 148 valence electrons. The standard InChI is InChI=1S/C19H26N2O6/c1-12(2)15-10-19(15,20-17(23)27-18(3,4)5)16(22)26-11-13-6-8-14(9-7-13)21(24)25/h6-9,12,15H,10-11H2,1-5H3,(H,20,23). The first-order chi connectivity index (χ1) is 12.4. The zero-order valence-electron chi connectivity index (χ0n) is 16.3. The lowest BCUT2D eigenvalue weighted by atomic mass is 10.0. The van der Waals surface area contributed by atoms with E-state index in [9.17, 15) is 19.7 Å². The van der Waals surface area contributed by atoms with Gasteiger partial charge in [-0.25, -0.2) is 9.59 Å². The molecule has 2 unspecified atom stereocenters. The molecule has 1 aromatic rings.